The number of carbonyl (C=O) groups excluding carboxylic acids is 3. The first-order chi connectivity index (χ1) is 17.4. The number of nitrogens with zero attached hydrogens (tertiary/aromatic N) is 1. The minimum atomic E-state index is -1.54. The normalized spacial score (nSPS) is 14.0. The van der Waals surface area contributed by atoms with Crippen molar-refractivity contribution in [2.75, 3.05) is 12.0 Å². The summed E-state index contributed by atoms with van der Waals surface area (Å²) in [6.45, 7) is 0. The summed E-state index contributed by atoms with van der Waals surface area (Å²) in [7, 11) is 0. The summed E-state index contributed by atoms with van der Waals surface area (Å²) in [5.41, 5.74) is 6.24. The Kier molecular flexibility index (Phi) is 13.7. The van der Waals surface area contributed by atoms with Gasteiger partial charge in [-0.1, -0.05) is 0 Å². The van der Waals surface area contributed by atoms with Crippen molar-refractivity contribution < 1.29 is 44.1 Å². The Hall–Kier alpha value is -3.66. The Balaban J connectivity index is 3.06. The van der Waals surface area contributed by atoms with Crippen LogP contribution in [0.3, 0.4) is 0 Å². The van der Waals surface area contributed by atoms with E-state index >= 15 is 0 Å². The number of aromatic nitrogens is 2. The molecule has 0 radical (unpaired) electrons. The fourth-order valence-electron chi connectivity index (χ4n) is 3.09. The molecule has 0 aromatic carbocycles. The topological polar surface area (TPSA) is 254 Å². The molecule has 0 saturated heterocycles. The largest absolute Gasteiger partial charge is 0.481 e. The van der Waals surface area contributed by atoms with Crippen LogP contribution >= 0.6 is 11.8 Å². The fraction of sp³-hybridized carbons (Fsp3) is 0.571. The number of hydrogen-bond donors (Lipinski definition) is 8. The number of nitrogens with two attached hydrogens (primary N) is 1. The Labute approximate surface area is 216 Å². The number of aliphatic carboxylic acids is 3. The highest BCUT2D eigenvalue weighted by Crippen LogP contribution is 2.06. The predicted molar refractivity (Wildman–Crippen MR) is 130 cm³/mol. The summed E-state index contributed by atoms with van der Waals surface area (Å²) >= 11 is 1.47. The minimum Gasteiger partial charge on any atom is -0.481 e. The van der Waals surface area contributed by atoms with E-state index in [1.807, 2.05) is 6.26 Å². The Morgan fingerprint density at radius 3 is 1.95 bits per heavy atom. The van der Waals surface area contributed by atoms with Crippen LogP contribution in [0.2, 0.25) is 0 Å². The number of amides is 3. The second-order valence-corrected chi connectivity index (χ2v) is 9.04. The second-order valence-electron chi connectivity index (χ2n) is 8.06. The quantitative estimate of drug-likeness (QED) is 0.103. The first kappa shape index (κ1) is 31.4. The Bertz CT molecular complexity index is 943. The highest BCUT2D eigenvalue weighted by molar-refractivity contribution is 7.98. The van der Waals surface area contributed by atoms with E-state index < -0.39 is 79.1 Å². The number of imidazole rings is 1. The van der Waals surface area contributed by atoms with Crippen molar-refractivity contribution in [1.29, 1.82) is 0 Å². The monoisotopic (exact) mass is 544 g/mol. The lowest BCUT2D eigenvalue weighted by atomic mass is 10.1. The van der Waals surface area contributed by atoms with E-state index in [0.717, 1.165) is 0 Å². The van der Waals surface area contributed by atoms with Crippen LogP contribution in [0.15, 0.2) is 12.5 Å². The maximum atomic E-state index is 13.0. The molecule has 9 N–H and O–H groups in total. The third kappa shape index (κ3) is 12.2. The molecule has 1 heterocycles. The zero-order valence-electron chi connectivity index (χ0n) is 20.1. The lowest BCUT2D eigenvalue weighted by molar-refractivity contribution is -0.143. The molecular formula is C21H32N6O9S. The summed E-state index contributed by atoms with van der Waals surface area (Å²) < 4.78 is 0. The van der Waals surface area contributed by atoms with Gasteiger partial charge in [-0.3, -0.25) is 24.0 Å². The second kappa shape index (κ2) is 16.2. The molecule has 4 unspecified atom stereocenters. The molecule has 0 aliphatic rings. The van der Waals surface area contributed by atoms with Crippen LogP contribution in [0.1, 0.15) is 37.8 Å². The zero-order valence-corrected chi connectivity index (χ0v) is 21.0. The summed E-state index contributed by atoms with van der Waals surface area (Å²) in [6, 6.07) is -5.19. The first-order valence-electron chi connectivity index (χ1n) is 11.2. The molecule has 0 aliphatic heterocycles. The molecule has 3 amide bonds. The molecule has 37 heavy (non-hydrogen) atoms. The van der Waals surface area contributed by atoms with Crippen LogP contribution in [0.5, 0.6) is 0 Å². The van der Waals surface area contributed by atoms with Gasteiger partial charge in [-0.05, 0) is 31.3 Å². The van der Waals surface area contributed by atoms with Gasteiger partial charge in [-0.25, -0.2) is 9.78 Å². The zero-order chi connectivity index (χ0) is 28.0. The number of carboxylic acid groups (broad SMARTS) is 3. The van der Waals surface area contributed by atoms with Crippen LogP contribution < -0.4 is 21.7 Å². The fourth-order valence-corrected chi connectivity index (χ4v) is 3.58. The van der Waals surface area contributed by atoms with Crippen LogP contribution in [-0.4, -0.2) is 97.1 Å². The van der Waals surface area contributed by atoms with E-state index in [4.69, 9.17) is 15.9 Å². The van der Waals surface area contributed by atoms with Crippen molar-refractivity contribution in [1.82, 2.24) is 25.9 Å². The lowest BCUT2D eigenvalue weighted by Gasteiger charge is -2.25. The number of hydrogen-bond acceptors (Lipinski definition) is 9. The minimum absolute atomic E-state index is 0.157. The summed E-state index contributed by atoms with van der Waals surface area (Å²) in [5.74, 6) is -5.84. The molecule has 16 heteroatoms. The van der Waals surface area contributed by atoms with E-state index in [1.54, 1.807) is 0 Å². The van der Waals surface area contributed by atoms with Gasteiger partial charge in [-0.15, -0.1) is 0 Å². The predicted octanol–water partition coefficient (Wildman–Crippen LogP) is -1.70. The van der Waals surface area contributed by atoms with Crippen molar-refractivity contribution in [2.45, 2.75) is 62.7 Å². The third-order valence-corrected chi connectivity index (χ3v) is 5.77. The molecule has 0 bridgehead atoms. The van der Waals surface area contributed by atoms with Crippen LogP contribution in [0.25, 0.3) is 0 Å². The van der Waals surface area contributed by atoms with Gasteiger partial charge >= 0.3 is 17.9 Å². The molecule has 0 aliphatic carbocycles. The van der Waals surface area contributed by atoms with E-state index in [1.165, 1.54) is 24.3 Å². The average molecular weight is 545 g/mol. The molecule has 1 rings (SSSR count). The average Bonchev–Trinajstić information content (AvgIpc) is 3.34. The van der Waals surface area contributed by atoms with Gasteiger partial charge in [0.25, 0.3) is 0 Å². The number of carbonyl (C=O) groups is 6. The molecule has 1 aromatic heterocycles. The maximum Gasteiger partial charge on any atom is 0.326 e. The molecule has 0 spiro atoms. The standard InChI is InChI=1S/C21H32N6O9S/c1-37-7-6-12(22)18(32)25-13(2-4-16(28)29)19(33)27-15(8-11-9-23-10-24-11)20(34)26-14(21(35)36)3-5-17(30)31/h9-10,12-15H,2-8,22H2,1H3,(H,23,24)(H,25,32)(H,26,34)(H,27,33)(H,28,29)(H,30,31)(H,35,36). The van der Waals surface area contributed by atoms with Gasteiger partial charge < -0.3 is 42.0 Å². The van der Waals surface area contributed by atoms with Gasteiger partial charge in [0.05, 0.1) is 12.4 Å². The number of aromatic amines is 1. The van der Waals surface area contributed by atoms with Crippen LogP contribution in [0, 0.1) is 0 Å². The first-order valence-corrected chi connectivity index (χ1v) is 12.6. The SMILES string of the molecule is CSCCC(N)C(=O)NC(CCC(=O)O)C(=O)NC(Cc1cnc[nH]1)C(=O)NC(CCC(=O)O)C(=O)O. The van der Waals surface area contributed by atoms with Gasteiger partial charge in [-0.2, -0.15) is 11.8 Å². The van der Waals surface area contributed by atoms with Gasteiger partial charge in [0.1, 0.15) is 18.1 Å². The van der Waals surface area contributed by atoms with E-state index in [0.29, 0.717) is 17.9 Å². The number of carboxylic acids is 3. The molecule has 1 aromatic rings. The molecule has 4 atom stereocenters. The van der Waals surface area contributed by atoms with Crippen LogP contribution in [-0.2, 0) is 35.2 Å². The summed E-state index contributed by atoms with van der Waals surface area (Å²) in [4.78, 5) is 78.4. The van der Waals surface area contributed by atoms with Gasteiger partial charge in [0.2, 0.25) is 17.7 Å². The molecule has 0 saturated carbocycles. The van der Waals surface area contributed by atoms with E-state index in [9.17, 15) is 33.9 Å². The number of H-pyrrole nitrogens is 1. The highest BCUT2D eigenvalue weighted by atomic mass is 32.2. The van der Waals surface area contributed by atoms with E-state index in [2.05, 4.69) is 25.9 Å². The van der Waals surface area contributed by atoms with Crippen molar-refractivity contribution in [3.05, 3.63) is 18.2 Å². The van der Waals surface area contributed by atoms with Crippen molar-refractivity contribution in [2.24, 2.45) is 5.73 Å². The Morgan fingerprint density at radius 2 is 1.43 bits per heavy atom. The van der Waals surface area contributed by atoms with Crippen molar-refractivity contribution >= 4 is 47.4 Å². The van der Waals surface area contributed by atoms with Crippen LogP contribution in [0.4, 0.5) is 0 Å². The smallest absolute Gasteiger partial charge is 0.326 e. The maximum absolute atomic E-state index is 13.0. The lowest BCUT2D eigenvalue weighted by Crippen LogP contribution is -2.57. The van der Waals surface area contributed by atoms with E-state index in [-0.39, 0.29) is 12.8 Å². The molecular weight excluding hydrogens is 512 g/mol. The molecule has 15 nitrogen and oxygen atoms in total. The number of nitrogens with one attached hydrogen (secondary N) is 4. The highest BCUT2D eigenvalue weighted by Gasteiger charge is 2.31. The molecule has 0 fully saturated rings. The summed E-state index contributed by atoms with van der Waals surface area (Å²) in [6.07, 6.45) is 3.01. The number of rotatable bonds is 18. The van der Waals surface area contributed by atoms with Crippen molar-refractivity contribution in [3.8, 4) is 0 Å². The summed E-state index contributed by atoms with van der Waals surface area (Å²) in [5, 5.41) is 34.3. The Morgan fingerprint density at radius 1 is 0.892 bits per heavy atom. The van der Waals surface area contributed by atoms with Gasteiger partial charge in [0.15, 0.2) is 0 Å². The number of thioether (sulfide) groups is 1. The van der Waals surface area contributed by atoms with Gasteiger partial charge in [0, 0.05) is 31.2 Å². The van der Waals surface area contributed by atoms with Crippen molar-refractivity contribution in [3.63, 3.8) is 0 Å². The molecule has 206 valence electrons. The third-order valence-electron chi connectivity index (χ3n) is 5.12.